The third-order valence-electron chi connectivity index (χ3n) is 7.16. The van der Waals surface area contributed by atoms with Crippen LogP contribution in [0.1, 0.15) is 0 Å². The van der Waals surface area contributed by atoms with Gasteiger partial charge < -0.3 is 8.83 Å². The van der Waals surface area contributed by atoms with Crippen LogP contribution in [0.5, 0.6) is 0 Å². The van der Waals surface area contributed by atoms with E-state index in [1.165, 1.54) is 0 Å². The maximum absolute atomic E-state index is 6.52. The second-order valence-electron chi connectivity index (χ2n) is 9.75. The van der Waals surface area contributed by atoms with Gasteiger partial charge in [-0.25, -0.2) is 0 Å². The molecule has 7 rings (SSSR count). The van der Waals surface area contributed by atoms with Crippen LogP contribution in [-0.2, 0) is 0 Å². The Balaban J connectivity index is 1.32. The van der Waals surface area contributed by atoms with Gasteiger partial charge in [0.25, 0.3) is 0 Å². The van der Waals surface area contributed by atoms with Crippen molar-refractivity contribution in [3.8, 4) is 67.5 Å². The Morgan fingerprint density at radius 3 is 0.900 bits per heavy atom. The van der Waals surface area contributed by atoms with E-state index < -0.39 is 0 Å². The third-order valence-corrected chi connectivity index (χ3v) is 7.16. The molecule has 2 heterocycles. The summed E-state index contributed by atoms with van der Waals surface area (Å²) >= 11 is 0. The molecule has 0 saturated heterocycles. The van der Waals surface area contributed by atoms with Crippen molar-refractivity contribution in [1.29, 1.82) is 0 Å². The topological polar surface area (TPSA) is 26.3 Å². The van der Waals surface area contributed by atoms with Gasteiger partial charge in [0.15, 0.2) is 0 Å². The summed E-state index contributed by atoms with van der Waals surface area (Å²) in [6, 6.07) is 54.0. The maximum Gasteiger partial charge on any atom is 0.142 e. The summed E-state index contributed by atoms with van der Waals surface area (Å²) in [6.45, 7) is 0. The fraction of sp³-hybridized carbons (Fsp3) is 0. The highest BCUT2D eigenvalue weighted by atomic mass is 16.3. The summed E-state index contributed by atoms with van der Waals surface area (Å²) in [6.07, 6.45) is 0. The van der Waals surface area contributed by atoms with Crippen molar-refractivity contribution in [3.63, 3.8) is 0 Å². The van der Waals surface area contributed by atoms with Gasteiger partial charge in [0.05, 0.1) is 0 Å². The van der Waals surface area contributed by atoms with Crippen molar-refractivity contribution in [2.24, 2.45) is 0 Å². The molecule has 0 spiro atoms. The molecule has 0 saturated carbocycles. The van der Waals surface area contributed by atoms with Crippen molar-refractivity contribution >= 4 is 0 Å². The van der Waals surface area contributed by atoms with Gasteiger partial charge >= 0.3 is 0 Å². The van der Waals surface area contributed by atoms with E-state index in [1.807, 2.05) is 48.5 Å². The van der Waals surface area contributed by atoms with Crippen LogP contribution in [-0.4, -0.2) is 0 Å². The Labute approximate surface area is 233 Å². The van der Waals surface area contributed by atoms with Crippen LogP contribution in [0.2, 0.25) is 0 Å². The molecule has 40 heavy (non-hydrogen) atoms. The summed E-state index contributed by atoms with van der Waals surface area (Å²) in [7, 11) is 0. The molecule has 2 nitrogen and oxygen atoms in total. The zero-order valence-electron chi connectivity index (χ0n) is 21.8. The van der Waals surface area contributed by atoms with Crippen LogP contribution in [0.25, 0.3) is 67.5 Å². The predicted octanol–water partition coefficient (Wildman–Crippen LogP) is 10.9. The Hall–Kier alpha value is -5.34. The zero-order valence-corrected chi connectivity index (χ0v) is 21.8. The van der Waals surface area contributed by atoms with E-state index in [2.05, 4.69) is 109 Å². The SMILES string of the molecule is c1ccc(-c2cc(-c3ccccc3)c(-c3ccc(-c4oc(-c5ccccc5)cc4-c4ccccc4)cc3)o2)cc1. The van der Waals surface area contributed by atoms with E-state index in [0.29, 0.717) is 0 Å². The van der Waals surface area contributed by atoms with Crippen molar-refractivity contribution in [2.75, 3.05) is 0 Å². The lowest BCUT2D eigenvalue weighted by atomic mass is 9.98. The molecule has 0 aliphatic rings. The molecule has 5 aromatic carbocycles. The molecule has 2 aromatic heterocycles. The van der Waals surface area contributed by atoms with E-state index in [-0.39, 0.29) is 0 Å². The number of rotatable bonds is 6. The summed E-state index contributed by atoms with van der Waals surface area (Å²) < 4.78 is 13.0. The molecule has 0 fully saturated rings. The fourth-order valence-corrected chi connectivity index (χ4v) is 5.14. The second kappa shape index (κ2) is 10.4. The minimum atomic E-state index is 0.850. The molecule has 2 heteroatoms. The zero-order chi connectivity index (χ0) is 26.7. The van der Waals surface area contributed by atoms with Crippen LogP contribution < -0.4 is 0 Å². The highest BCUT2D eigenvalue weighted by Crippen LogP contribution is 2.42. The van der Waals surface area contributed by atoms with Crippen LogP contribution in [0.3, 0.4) is 0 Å². The summed E-state index contributed by atoms with van der Waals surface area (Å²) in [5.41, 5.74) is 8.53. The van der Waals surface area contributed by atoms with Gasteiger partial charge in [-0.2, -0.15) is 0 Å². The van der Waals surface area contributed by atoms with Crippen LogP contribution in [0.4, 0.5) is 0 Å². The Morgan fingerprint density at radius 2 is 0.575 bits per heavy atom. The predicted molar refractivity (Wildman–Crippen MR) is 164 cm³/mol. The average molecular weight is 515 g/mol. The molecule has 0 aliphatic carbocycles. The van der Waals surface area contributed by atoms with Crippen molar-refractivity contribution in [3.05, 3.63) is 158 Å². The first-order valence-electron chi connectivity index (χ1n) is 13.4. The summed E-state index contributed by atoms with van der Waals surface area (Å²) in [4.78, 5) is 0. The molecular formula is C38H26O2. The third kappa shape index (κ3) is 4.57. The maximum atomic E-state index is 6.52. The summed E-state index contributed by atoms with van der Waals surface area (Å²) in [5.74, 6) is 3.40. The van der Waals surface area contributed by atoms with E-state index >= 15 is 0 Å². The Morgan fingerprint density at radius 1 is 0.275 bits per heavy atom. The van der Waals surface area contributed by atoms with Crippen LogP contribution in [0, 0.1) is 0 Å². The molecular weight excluding hydrogens is 488 g/mol. The van der Waals surface area contributed by atoms with E-state index in [0.717, 1.165) is 67.5 Å². The van der Waals surface area contributed by atoms with Crippen molar-refractivity contribution in [2.45, 2.75) is 0 Å². The second-order valence-corrected chi connectivity index (χ2v) is 9.75. The average Bonchev–Trinajstić information content (AvgIpc) is 3.69. The van der Waals surface area contributed by atoms with Gasteiger partial charge in [-0.3, -0.25) is 0 Å². The van der Waals surface area contributed by atoms with Gasteiger partial charge in [0.2, 0.25) is 0 Å². The van der Waals surface area contributed by atoms with Gasteiger partial charge in [0.1, 0.15) is 23.0 Å². The molecule has 0 atom stereocenters. The number of furan rings is 2. The van der Waals surface area contributed by atoms with Gasteiger partial charge in [-0.05, 0) is 23.3 Å². The molecule has 0 bridgehead atoms. The Bertz CT molecular complexity index is 1710. The van der Waals surface area contributed by atoms with Crippen LogP contribution >= 0.6 is 0 Å². The first-order chi connectivity index (χ1) is 19.8. The fourth-order valence-electron chi connectivity index (χ4n) is 5.14. The van der Waals surface area contributed by atoms with Crippen molar-refractivity contribution in [1.82, 2.24) is 0 Å². The number of hydrogen-bond acceptors (Lipinski definition) is 2. The van der Waals surface area contributed by atoms with Gasteiger partial charge in [0, 0.05) is 33.4 Å². The lowest BCUT2D eigenvalue weighted by molar-refractivity contribution is 0.596. The number of hydrogen-bond donors (Lipinski definition) is 0. The summed E-state index contributed by atoms with van der Waals surface area (Å²) in [5, 5.41) is 0. The quantitative estimate of drug-likeness (QED) is 0.221. The normalized spacial score (nSPS) is 11.0. The van der Waals surface area contributed by atoms with Crippen molar-refractivity contribution < 1.29 is 8.83 Å². The first-order valence-corrected chi connectivity index (χ1v) is 13.4. The molecule has 0 N–H and O–H groups in total. The monoisotopic (exact) mass is 514 g/mol. The van der Waals surface area contributed by atoms with Crippen LogP contribution in [0.15, 0.2) is 167 Å². The molecule has 190 valence electrons. The molecule has 7 aromatic rings. The molecule has 0 radical (unpaired) electrons. The highest BCUT2D eigenvalue weighted by molar-refractivity contribution is 5.87. The van der Waals surface area contributed by atoms with E-state index in [9.17, 15) is 0 Å². The standard InChI is InChI=1S/C38H26O2/c1-5-13-27(14-6-1)33-25-35(29-17-9-3-10-18-29)39-37(33)31-21-23-32(24-22-31)38-34(28-15-7-2-8-16-28)26-36(40-38)30-19-11-4-12-20-30/h1-26H. The first kappa shape index (κ1) is 23.8. The minimum Gasteiger partial charge on any atom is -0.455 e. The lowest BCUT2D eigenvalue weighted by Gasteiger charge is -2.06. The molecule has 0 unspecified atom stereocenters. The smallest absolute Gasteiger partial charge is 0.142 e. The van der Waals surface area contributed by atoms with E-state index in [4.69, 9.17) is 8.83 Å². The van der Waals surface area contributed by atoms with Gasteiger partial charge in [-0.1, -0.05) is 146 Å². The molecule has 0 aliphatic heterocycles. The highest BCUT2D eigenvalue weighted by Gasteiger charge is 2.19. The number of benzene rings is 5. The Kier molecular flexibility index (Phi) is 6.20. The van der Waals surface area contributed by atoms with E-state index in [1.54, 1.807) is 0 Å². The molecule has 0 amide bonds. The largest absolute Gasteiger partial charge is 0.455 e. The lowest BCUT2D eigenvalue weighted by Crippen LogP contribution is -1.83. The van der Waals surface area contributed by atoms with Gasteiger partial charge in [-0.15, -0.1) is 0 Å². The minimum absolute atomic E-state index is 0.850.